The molecule has 0 atom stereocenters. The molecule has 0 rings (SSSR count). The average molecular weight is 185 g/mol. The van der Waals surface area contributed by atoms with E-state index in [1.807, 2.05) is 6.07 Å². The van der Waals surface area contributed by atoms with E-state index in [2.05, 4.69) is 13.2 Å². The predicted molar refractivity (Wildman–Crippen MR) is 59.1 cm³/mol. The minimum absolute atomic E-state index is 0. The first-order chi connectivity index (χ1) is 6.18. The molecule has 0 bridgehead atoms. The van der Waals surface area contributed by atoms with Crippen LogP contribution < -0.4 is 0 Å². The Bertz CT molecular complexity index is 262. The molecule has 0 fully saturated rings. The van der Waals surface area contributed by atoms with Crippen molar-refractivity contribution in [3.8, 4) is 6.07 Å². The number of carboxylic acid groups (broad SMARTS) is 1. The molecule has 0 aliphatic rings. The summed E-state index contributed by atoms with van der Waals surface area (Å²) < 4.78 is 0. The van der Waals surface area contributed by atoms with Crippen LogP contribution in [0.1, 0.15) is 0 Å². The summed E-state index contributed by atoms with van der Waals surface area (Å²) in [4.78, 5) is 9.25. The molecule has 0 aromatic carbocycles. The van der Waals surface area contributed by atoms with Gasteiger partial charge in [0.15, 0.2) is 0 Å². The number of rotatable bonds is 3. The molecule has 3 nitrogen and oxygen atoms in total. The fraction of sp³-hybridized carbons (Fsp3) is 0. The van der Waals surface area contributed by atoms with Crippen LogP contribution in [0.2, 0.25) is 0 Å². The zero-order valence-corrected chi connectivity index (χ0v) is 7.18. The first-order valence-electron chi connectivity index (χ1n) is 3.38. The zero-order chi connectivity index (χ0) is 10.5. The molecule has 0 spiro atoms. The summed E-state index contributed by atoms with van der Waals surface area (Å²) in [5.74, 6) is -0.981. The van der Waals surface area contributed by atoms with Crippen molar-refractivity contribution in [2.45, 2.75) is 0 Å². The number of nitrogens with zero attached hydrogens (tertiary/aromatic N) is 1. The Morgan fingerprint density at radius 3 is 2.07 bits per heavy atom. The van der Waals surface area contributed by atoms with Crippen LogP contribution >= 0.6 is 0 Å². The number of nitriles is 1. The van der Waals surface area contributed by atoms with Gasteiger partial charge in [0, 0.05) is 12.2 Å². The van der Waals surface area contributed by atoms with Gasteiger partial charge in [-0.1, -0.05) is 37.5 Å². The van der Waals surface area contributed by atoms with Gasteiger partial charge in [-0.15, -0.1) is 0 Å². The number of carboxylic acids is 1. The molecule has 0 aliphatic heterocycles. The maximum atomic E-state index is 9.25. The zero-order valence-electron chi connectivity index (χ0n) is 7.18. The van der Waals surface area contributed by atoms with Crippen LogP contribution in [0, 0.1) is 11.3 Å². The third kappa shape index (κ3) is 31.3. The summed E-state index contributed by atoms with van der Waals surface area (Å²) >= 11 is 0. The Hall–Kier alpha value is -1.48. The van der Waals surface area contributed by atoms with Crippen LogP contribution in [0.5, 0.6) is 0 Å². The van der Waals surface area contributed by atoms with Gasteiger partial charge >= 0.3 is 24.8 Å². The second kappa shape index (κ2) is 17.6. The Morgan fingerprint density at radius 2 is 1.79 bits per heavy atom. The van der Waals surface area contributed by atoms with Gasteiger partial charge in [-0.25, -0.2) is 4.79 Å². The molecule has 0 saturated carbocycles. The first kappa shape index (κ1) is 18.3. The van der Waals surface area contributed by atoms with Crippen LogP contribution in [-0.2, 0) is 4.79 Å². The van der Waals surface area contributed by atoms with Crippen LogP contribution in [0.3, 0.4) is 0 Å². The van der Waals surface area contributed by atoms with Crippen LogP contribution in [0.15, 0.2) is 49.6 Å². The van der Waals surface area contributed by atoms with Gasteiger partial charge in [0.2, 0.25) is 0 Å². The van der Waals surface area contributed by atoms with E-state index in [0.717, 1.165) is 6.08 Å². The molecule has 4 heteroatoms. The van der Waals surface area contributed by atoms with Gasteiger partial charge in [0.25, 0.3) is 0 Å². The van der Waals surface area contributed by atoms with E-state index in [-0.39, 0.29) is 18.9 Å². The van der Waals surface area contributed by atoms with E-state index in [0.29, 0.717) is 0 Å². The summed E-state index contributed by atoms with van der Waals surface area (Å²) in [6, 6.07) is 1.86. The number of hydrogen-bond donors (Lipinski definition) is 1. The third-order valence-corrected chi connectivity index (χ3v) is 0.704. The van der Waals surface area contributed by atoms with E-state index >= 15 is 0 Å². The SMILES string of the molecule is C=CC(=O)O.C=CC=CC=CC#N.[LiH]. The normalized spacial score (nSPS) is 7.93. The fourth-order valence-corrected chi connectivity index (χ4v) is 0.241. The van der Waals surface area contributed by atoms with Crippen molar-refractivity contribution >= 4 is 24.8 Å². The summed E-state index contributed by atoms with van der Waals surface area (Å²) in [7, 11) is 0. The second-order valence-corrected chi connectivity index (χ2v) is 1.65. The molecular weight excluding hydrogens is 173 g/mol. The van der Waals surface area contributed by atoms with E-state index in [4.69, 9.17) is 10.4 Å². The third-order valence-electron chi connectivity index (χ3n) is 0.704. The van der Waals surface area contributed by atoms with Crippen molar-refractivity contribution < 1.29 is 9.90 Å². The molecule has 0 aliphatic carbocycles. The summed E-state index contributed by atoms with van der Waals surface area (Å²) in [5, 5.41) is 15.6. The first-order valence-corrected chi connectivity index (χ1v) is 3.38. The van der Waals surface area contributed by atoms with Crippen LogP contribution in [-0.4, -0.2) is 29.9 Å². The van der Waals surface area contributed by atoms with Crippen molar-refractivity contribution in [3.63, 3.8) is 0 Å². The summed E-state index contributed by atoms with van der Waals surface area (Å²) in [6.45, 7) is 6.42. The van der Waals surface area contributed by atoms with Crippen molar-refractivity contribution in [1.29, 1.82) is 5.26 Å². The predicted octanol–water partition coefficient (Wildman–Crippen LogP) is 1.42. The van der Waals surface area contributed by atoms with Crippen molar-refractivity contribution in [2.24, 2.45) is 0 Å². The topological polar surface area (TPSA) is 61.1 Å². The van der Waals surface area contributed by atoms with E-state index < -0.39 is 5.97 Å². The number of aliphatic carboxylic acids is 1. The number of carbonyl (C=O) groups is 1. The standard InChI is InChI=1S/C7H7N.C3H4O2.Li.H/c1-2-3-4-5-6-7-8;1-2-3(4)5;;/h2-6H,1H2;2H,1H2,(H,4,5);;. The molecule has 14 heavy (non-hydrogen) atoms. The quantitative estimate of drug-likeness (QED) is 0.313. The molecule has 0 unspecified atom stereocenters. The summed E-state index contributed by atoms with van der Waals surface area (Å²) in [6.07, 6.45) is 9.05. The van der Waals surface area contributed by atoms with Gasteiger partial charge in [0.05, 0.1) is 6.07 Å². The number of hydrogen-bond acceptors (Lipinski definition) is 2. The molecule has 0 aromatic heterocycles. The maximum absolute atomic E-state index is 9.25. The van der Waals surface area contributed by atoms with Gasteiger partial charge in [-0.05, 0) is 0 Å². The Morgan fingerprint density at radius 1 is 1.29 bits per heavy atom. The molecule has 0 aromatic rings. The van der Waals surface area contributed by atoms with Crippen molar-refractivity contribution in [3.05, 3.63) is 49.6 Å². The second-order valence-electron chi connectivity index (χ2n) is 1.65. The van der Waals surface area contributed by atoms with E-state index in [1.165, 1.54) is 6.08 Å². The van der Waals surface area contributed by atoms with Crippen molar-refractivity contribution in [2.75, 3.05) is 0 Å². The van der Waals surface area contributed by atoms with E-state index in [9.17, 15) is 4.79 Å². The van der Waals surface area contributed by atoms with E-state index in [1.54, 1.807) is 24.3 Å². The minimum atomic E-state index is -0.981. The van der Waals surface area contributed by atoms with Crippen LogP contribution in [0.4, 0.5) is 0 Å². The molecule has 0 radical (unpaired) electrons. The Labute approximate surface area is 95.9 Å². The fourth-order valence-electron chi connectivity index (χ4n) is 0.241. The number of allylic oxidation sites excluding steroid dienone is 5. The van der Waals surface area contributed by atoms with Gasteiger partial charge in [-0.3, -0.25) is 0 Å². The van der Waals surface area contributed by atoms with Gasteiger partial charge < -0.3 is 5.11 Å². The molecule has 70 valence electrons. The molecule has 0 saturated heterocycles. The molecular formula is C10H12LiNO2. The average Bonchev–Trinajstić information content (AvgIpc) is 2.14. The van der Waals surface area contributed by atoms with Gasteiger partial charge in [-0.2, -0.15) is 5.26 Å². The monoisotopic (exact) mass is 185 g/mol. The Kier molecular flexibility index (Phi) is 23.0. The van der Waals surface area contributed by atoms with Gasteiger partial charge in [0.1, 0.15) is 0 Å². The Balaban J connectivity index is -0.000000177. The molecule has 1 N–H and O–H groups in total. The molecule has 0 heterocycles. The van der Waals surface area contributed by atoms with Crippen LogP contribution in [0.25, 0.3) is 0 Å². The molecule has 0 amide bonds. The van der Waals surface area contributed by atoms with Crippen molar-refractivity contribution in [1.82, 2.24) is 0 Å². The summed E-state index contributed by atoms with van der Waals surface area (Å²) in [5.41, 5.74) is 0.